The average Bonchev–Trinajstić information content (AvgIpc) is 3.11. The third-order valence-electron chi connectivity index (χ3n) is 4.63. The highest BCUT2D eigenvalue weighted by Crippen LogP contribution is 2.33. The Kier molecular flexibility index (Phi) is 5.51. The van der Waals surface area contributed by atoms with Gasteiger partial charge in [0.1, 0.15) is 0 Å². The van der Waals surface area contributed by atoms with Crippen molar-refractivity contribution in [2.24, 2.45) is 0 Å². The number of aromatic nitrogens is 2. The molecule has 0 amide bonds. The quantitative estimate of drug-likeness (QED) is 0.633. The number of nitrogen functional groups attached to an aromatic ring is 1. The Hall–Kier alpha value is -2.74. The van der Waals surface area contributed by atoms with E-state index in [-0.39, 0.29) is 23.8 Å². The van der Waals surface area contributed by atoms with E-state index in [1.807, 2.05) is 18.2 Å². The number of anilines is 2. The predicted octanol–water partition coefficient (Wildman–Crippen LogP) is 4.71. The van der Waals surface area contributed by atoms with E-state index in [0.29, 0.717) is 12.4 Å². The van der Waals surface area contributed by atoms with E-state index >= 15 is 0 Å². The highest BCUT2D eigenvalue weighted by Gasteiger charge is 2.31. The molecule has 2 aromatic carbocycles. The van der Waals surface area contributed by atoms with Gasteiger partial charge in [0.2, 0.25) is 11.7 Å². The second kappa shape index (κ2) is 7.71. The van der Waals surface area contributed by atoms with Crippen LogP contribution in [0.5, 0.6) is 0 Å². The van der Waals surface area contributed by atoms with Crippen molar-refractivity contribution in [3.63, 3.8) is 0 Å². The van der Waals surface area contributed by atoms with Crippen molar-refractivity contribution in [3.05, 3.63) is 59.5 Å². The molecule has 0 aliphatic carbocycles. The van der Waals surface area contributed by atoms with Gasteiger partial charge in [-0.05, 0) is 42.7 Å². The first-order chi connectivity index (χ1) is 12.9. The molecule has 2 N–H and O–H groups in total. The maximum absolute atomic E-state index is 12.9. The summed E-state index contributed by atoms with van der Waals surface area (Å²) in [6.07, 6.45) is -2.55. The van der Waals surface area contributed by atoms with Crippen LogP contribution in [0.25, 0.3) is 11.4 Å². The Bertz CT molecular complexity index is 974. The molecule has 0 unspecified atom stereocenters. The maximum Gasteiger partial charge on any atom is 0.416 e. The van der Waals surface area contributed by atoms with Crippen LogP contribution in [-0.2, 0) is 19.1 Å². The van der Waals surface area contributed by atoms with Gasteiger partial charge in [0.25, 0.3) is 0 Å². The van der Waals surface area contributed by atoms with Crippen molar-refractivity contribution < 1.29 is 17.7 Å². The van der Waals surface area contributed by atoms with Crippen LogP contribution < -0.4 is 10.6 Å². The first kappa shape index (κ1) is 20.0. The molecular weight excluding hydrogens is 393 g/mol. The van der Waals surface area contributed by atoms with Gasteiger partial charge in [-0.1, -0.05) is 23.4 Å². The highest BCUT2D eigenvalue weighted by molar-refractivity contribution is 5.85. The Labute approximate surface area is 165 Å². The fourth-order valence-electron chi connectivity index (χ4n) is 3.33. The zero-order valence-electron chi connectivity index (χ0n) is 14.7. The number of alkyl halides is 3. The van der Waals surface area contributed by atoms with Crippen LogP contribution in [0.3, 0.4) is 0 Å². The van der Waals surface area contributed by atoms with E-state index in [1.54, 1.807) is 0 Å². The van der Waals surface area contributed by atoms with Gasteiger partial charge >= 0.3 is 6.18 Å². The molecule has 0 spiro atoms. The Balaban J connectivity index is 0.00000225. The molecule has 3 aromatic rings. The molecule has 1 aliphatic rings. The van der Waals surface area contributed by atoms with E-state index in [1.165, 1.54) is 12.1 Å². The van der Waals surface area contributed by atoms with Gasteiger partial charge in [0, 0.05) is 23.5 Å². The van der Waals surface area contributed by atoms with Crippen LogP contribution in [0.15, 0.2) is 47.0 Å². The highest BCUT2D eigenvalue weighted by atomic mass is 35.5. The summed E-state index contributed by atoms with van der Waals surface area (Å²) in [6, 6.07) is 10.7. The van der Waals surface area contributed by atoms with Gasteiger partial charge in [-0.3, -0.25) is 0 Å². The van der Waals surface area contributed by atoms with Crippen LogP contribution >= 0.6 is 12.4 Å². The first-order valence-electron chi connectivity index (χ1n) is 8.54. The molecule has 1 aromatic heterocycles. The Morgan fingerprint density at radius 1 is 1.14 bits per heavy atom. The average molecular weight is 411 g/mol. The van der Waals surface area contributed by atoms with Crippen LogP contribution in [0.2, 0.25) is 0 Å². The molecule has 0 bridgehead atoms. The van der Waals surface area contributed by atoms with E-state index in [9.17, 15) is 13.2 Å². The molecule has 148 valence electrons. The third-order valence-corrected chi connectivity index (χ3v) is 4.63. The number of halogens is 4. The van der Waals surface area contributed by atoms with Gasteiger partial charge in [0.05, 0.1) is 12.1 Å². The number of rotatable bonds is 3. The predicted molar refractivity (Wildman–Crippen MR) is 102 cm³/mol. The van der Waals surface area contributed by atoms with Crippen LogP contribution in [0, 0.1) is 0 Å². The molecule has 0 radical (unpaired) electrons. The lowest BCUT2D eigenvalue weighted by Gasteiger charge is -2.30. The van der Waals surface area contributed by atoms with Crippen LogP contribution in [0.4, 0.5) is 24.5 Å². The van der Waals surface area contributed by atoms with Crippen molar-refractivity contribution in [2.45, 2.75) is 25.6 Å². The standard InChI is InChI=1S/C19H17F3N4O.ClH/c20-19(21,22)13-5-1-4-12(10-13)18-24-17(27-25-18)11-26-9-3-6-14-15(23)7-2-8-16(14)26;/h1-2,4-5,7-8,10H,3,6,9,11,23H2;1H. The summed E-state index contributed by atoms with van der Waals surface area (Å²) in [5, 5.41) is 3.84. The summed E-state index contributed by atoms with van der Waals surface area (Å²) >= 11 is 0. The summed E-state index contributed by atoms with van der Waals surface area (Å²) in [6.45, 7) is 1.19. The second-order valence-corrected chi connectivity index (χ2v) is 6.46. The van der Waals surface area contributed by atoms with Gasteiger partial charge in [-0.15, -0.1) is 12.4 Å². The molecule has 0 atom stereocenters. The van der Waals surface area contributed by atoms with Crippen molar-refractivity contribution >= 4 is 23.8 Å². The van der Waals surface area contributed by atoms with Crippen LogP contribution in [-0.4, -0.2) is 16.7 Å². The molecule has 0 fully saturated rings. The van der Waals surface area contributed by atoms with Crippen molar-refractivity contribution in [1.82, 2.24) is 10.1 Å². The van der Waals surface area contributed by atoms with Crippen molar-refractivity contribution in [1.29, 1.82) is 0 Å². The van der Waals surface area contributed by atoms with Gasteiger partial charge in [0.15, 0.2) is 0 Å². The van der Waals surface area contributed by atoms with E-state index < -0.39 is 11.7 Å². The van der Waals surface area contributed by atoms with Gasteiger partial charge in [-0.2, -0.15) is 18.2 Å². The normalized spacial score (nSPS) is 13.8. The Morgan fingerprint density at radius 2 is 1.93 bits per heavy atom. The molecule has 0 saturated carbocycles. The number of nitrogens with zero attached hydrogens (tertiary/aromatic N) is 3. The third kappa shape index (κ3) is 3.91. The molecule has 1 aliphatic heterocycles. The minimum Gasteiger partial charge on any atom is -0.398 e. The SMILES string of the molecule is Cl.Nc1cccc2c1CCCN2Cc1nc(-c2cccc(C(F)(F)F)c2)no1. The zero-order valence-corrected chi connectivity index (χ0v) is 15.6. The minimum absolute atomic E-state index is 0. The number of nitrogens with two attached hydrogens (primary N) is 1. The fraction of sp³-hybridized carbons (Fsp3) is 0.263. The van der Waals surface area contributed by atoms with E-state index in [2.05, 4.69) is 15.0 Å². The summed E-state index contributed by atoms with van der Waals surface area (Å²) in [4.78, 5) is 6.37. The summed E-state index contributed by atoms with van der Waals surface area (Å²) in [5.41, 5.74) is 8.46. The lowest BCUT2D eigenvalue weighted by Crippen LogP contribution is -2.29. The first-order valence-corrected chi connectivity index (χ1v) is 8.54. The summed E-state index contributed by atoms with van der Waals surface area (Å²) in [5.74, 6) is 0.485. The monoisotopic (exact) mass is 410 g/mol. The lowest BCUT2D eigenvalue weighted by molar-refractivity contribution is -0.137. The largest absolute Gasteiger partial charge is 0.416 e. The van der Waals surface area contributed by atoms with Crippen molar-refractivity contribution in [3.8, 4) is 11.4 Å². The number of benzene rings is 2. The number of hydrogen-bond acceptors (Lipinski definition) is 5. The topological polar surface area (TPSA) is 68.2 Å². The molecule has 0 saturated heterocycles. The smallest absolute Gasteiger partial charge is 0.398 e. The van der Waals surface area contributed by atoms with Crippen LogP contribution in [0.1, 0.15) is 23.4 Å². The molecule has 4 rings (SSSR count). The zero-order chi connectivity index (χ0) is 19.0. The molecule has 9 heteroatoms. The number of hydrogen-bond donors (Lipinski definition) is 1. The van der Waals surface area contributed by atoms with E-state index in [0.717, 1.165) is 48.5 Å². The van der Waals surface area contributed by atoms with E-state index in [4.69, 9.17) is 10.3 Å². The molecule has 28 heavy (non-hydrogen) atoms. The lowest BCUT2D eigenvalue weighted by atomic mass is 10.00. The molecule has 2 heterocycles. The number of fused-ring (bicyclic) bond motifs is 1. The summed E-state index contributed by atoms with van der Waals surface area (Å²) < 4.78 is 43.9. The minimum atomic E-state index is -4.42. The molecular formula is C19H18ClF3N4O. The van der Waals surface area contributed by atoms with Gasteiger partial charge in [-0.25, -0.2) is 0 Å². The maximum atomic E-state index is 12.9. The van der Waals surface area contributed by atoms with Crippen molar-refractivity contribution in [2.75, 3.05) is 17.2 Å². The van der Waals surface area contributed by atoms with Gasteiger partial charge < -0.3 is 15.2 Å². The second-order valence-electron chi connectivity index (χ2n) is 6.46. The summed E-state index contributed by atoms with van der Waals surface area (Å²) in [7, 11) is 0. The Morgan fingerprint density at radius 3 is 2.71 bits per heavy atom. The fourth-order valence-corrected chi connectivity index (χ4v) is 3.33. The molecule has 5 nitrogen and oxygen atoms in total.